The van der Waals surface area contributed by atoms with Crippen LogP contribution in [0.2, 0.25) is 0 Å². The summed E-state index contributed by atoms with van der Waals surface area (Å²) in [6, 6.07) is 15.9. The fourth-order valence-corrected chi connectivity index (χ4v) is 1.99. The van der Waals surface area contributed by atoms with Gasteiger partial charge in [-0.3, -0.25) is 0 Å². The van der Waals surface area contributed by atoms with Gasteiger partial charge in [0.05, 0.1) is 0 Å². The zero-order valence-corrected chi connectivity index (χ0v) is 9.97. The molecule has 3 heteroatoms. The van der Waals surface area contributed by atoms with E-state index in [2.05, 4.69) is 17.1 Å². The van der Waals surface area contributed by atoms with Crippen molar-refractivity contribution in [2.45, 2.75) is 12.8 Å². The first-order valence-electron chi connectivity index (χ1n) is 6.00. The van der Waals surface area contributed by atoms with Crippen molar-refractivity contribution in [1.29, 1.82) is 0 Å². The van der Waals surface area contributed by atoms with Crippen molar-refractivity contribution in [3.05, 3.63) is 60.0 Å². The summed E-state index contributed by atoms with van der Waals surface area (Å²) in [5.74, 6) is 0.763. The summed E-state index contributed by atoms with van der Waals surface area (Å²) in [7, 11) is 0. The van der Waals surface area contributed by atoms with Crippen molar-refractivity contribution in [2.75, 3.05) is 5.73 Å². The van der Waals surface area contributed by atoms with E-state index in [1.165, 1.54) is 5.56 Å². The Morgan fingerprint density at radius 2 is 1.83 bits per heavy atom. The molecule has 1 aromatic heterocycles. The Morgan fingerprint density at radius 3 is 2.67 bits per heavy atom. The maximum atomic E-state index is 5.71. The third kappa shape index (κ3) is 2.20. The molecule has 1 heterocycles. The molecule has 0 fully saturated rings. The number of oxazole rings is 1. The Bertz CT molecular complexity index is 659. The standard InChI is InChI=1S/C15H14N2O/c16-12-7-8-13-14(10-12)18-15(17-13)9-6-11-4-2-1-3-5-11/h1-5,7-8,10H,6,9,16H2. The van der Waals surface area contributed by atoms with Crippen LogP contribution in [-0.4, -0.2) is 4.98 Å². The number of aryl methyl sites for hydroxylation is 2. The van der Waals surface area contributed by atoms with Gasteiger partial charge >= 0.3 is 0 Å². The predicted molar refractivity (Wildman–Crippen MR) is 72.3 cm³/mol. The summed E-state index contributed by atoms with van der Waals surface area (Å²) in [5.41, 5.74) is 9.33. The molecule has 18 heavy (non-hydrogen) atoms. The van der Waals surface area contributed by atoms with E-state index >= 15 is 0 Å². The van der Waals surface area contributed by atoms with Gasteiger partial charge in [0.1, 0.15) is 5.52 Å². The molecule has 0 bridgehead atoms. The van der Waals surface area contributed by atoms with E-state index in [0.29, 0.717) is 5.69 Å². The third-order valence-corrected chi connectivity index (χ3v) is 2.93. The van der Waals surface area contributed by atoms with Crippen LogP contribution in [0, 0.1) is 0 Å². The van der Waals surface area contributed by atoms with Gasteiger partial charge in [-0.1, -0.05) is 30.3 Å². The Hall–Kier alpha value is -2.29. The number of nitrogens with zero attached hydrogens (tertiary/aromatic N) is 1. The highest BCUT2D eigenvalue weighted by Crippen LogP contribution is 2.19. The average molecular weight is 238 g/mol. The second kappa shape index (κ2) is 4.53. The van der Waals surface area contributed by atoms with Crippen molar-refractivity contribution >= 4 is 16.8 Å². The summed E-state index contributed by atoms with van der Waals surface area (Å²) < 4.78 is 5.68. The van der Waals surface area contributed by atoms with Crippen LogP contribution < -0.4 is 5.73 Å². The lowest BCUT2D eigenvalue weighted by Gasteiger charge is -1.96. The summed E-state index contributed by atoms with van der Waals surface area (Å²) >= 11 is 0. The number of aromatic nitrogens is 1. The maximum absolute atomic E-state index is 5.71. The van der Waals surface area contributed by atoms with Crippen molar-refractivity contribution in [1.82, 2.24) is 4.98 Å². The molecule has 0 radical (unpaired) electrons. The van der Waals surface area contributed by atoms with Crippen LogP contribution in [0.25, 0.3) is 11.1 Å². The van der Waals surface area contributed by atoms with Gasteiger partial charge < -0.3 is 10.2 Å². The Labute approximate surface area is 105 Å². The molecule has 3 nitrogen and oxygen atoms in total. The normalized spacial score (nSPS) is 10.9. The molecule has 0 unspecified atom stereocenters. The molecule has 2 aromatic carbocycles. The largest absolute Gasteiger partial charge is 0.441 e. The molecule has 0 aliphatic carbocycles. The highest BCUT2D eigenvalue weighted by molar-refractivity contribution is 5.76. The van der Waals surface area contributed by atoms with Gasteiger partial charge in [-0.25, -0.2) is 4.98 Å². The van der Waals surface area contributed by atoms with Gasteiger partial charge in [0.25, 0.3) is 0 Å². The number of anilines is 1. The van der Waals surface area contributed by atoms with Crippen molar-refractivity contribution in [2.24, 2.45) is 0 Å². The average Bonchev–Trinajstić information content (AvgIpc) is 2.79. The fourth-order valence-electron chi connectivity index (χ4n) is 1.99. The van der Waals surface area contributed by atoms with E-state index in [4.69, 9.17) is 10.2 Å². The molecule has 3 aromatic rings. The fraction of sp³-hybridized carbons (Fsp3) is 0.133. The minimum Gasteiger partial charge on any atom is -0.441 e. The Morgan fingerprint density at radius 1 is 1.00 bits per heavy atom. The van der Waals surface area contributed by atoms with Crippen LogP contribution in [-0.2, 0) is 12.8 Å². The first kappa shape index (κ1) is 10.8. The molecular formula is C15H14N2O. The lowest BCUT2D eigenvalue weighted by Crippen LogP contribution is -1.90. The van der Waals surface area contributed by atoms with Gasteiger partial charge in [0, 0.05) is 18.2 Å². The lowest BCUT2D eigenvalue weighted by molar-refractivity contribution is 0.528. The van der Waals surface area contributed by atoms with Gasteiger partial charge in [-0.15, -0.1) is 0 Å². The smallest absolute Gasteiger partial charge is 0.195 e. The van der Waals surface area contributed by atoms with Crippen LogP contribution in [0.4, 0.5) is 5.69 Å². The number of fused-ring (bicyclic) bond motifs is 1. The highest BCUT2D eigenvalue weighted by Gasteiger charge is 2.05. The van der Waals surface area contributed by atoms with E-state index < -0.39 is 0 Å². The van der Waals surface area contributed by atoms with E-state index in [-0.39, 0.29) is 0 Å². The molecule has 2 N–H and O–H groups in total. The second-order valence-electron chi connectivity index (χ2n) is 4.32. The first-order valence-corrected chi connectivity index (χ1v) is 6.00. The monoisotopic (exact) mass is 238 g/mol. The van der Waals surface area contributed by atoms with Crippen molar-refractivity contribution in [3.63, 3.8) is 0 Å². The molecule has 0 aliphatic heterocycles. The van der Waals surface area contributed by atoms with Gasteiger partial charge in [0.2, 0.25) is 0 Å². The number of benzene rings is 2. The van der Waals surface area contributed by atoms with Crippen molar-refractivity contribution in [3.8, 4) is 0 Å². The maximum Gasteiger partial charge on any atom is 0.195 e. The summed E-state index contributed by atoms with van der Waals surface area (Å²) in [6.45, 7) is 0. The molecule has 90 valence electrons. The second-order valence-corrected chi connectivity index (χ2v) is 4.32. The Balaban J connectivity index is 1.79. The van der Waals surface area contributed by atoms with Crippen LogP contribution >= 0.6 is 0 Å². The van der Waals surface area contributed by atoms with Crippen LogP contribution in [0.1, 0.15) is 11.5 Å². The Kier molecular flexibility index (Phi) is 2.73. The van der Waals surface area contributed by atoms with E-state index in [1.54, 1.807) is 0 Å². The minimum absolute atomic E-state index is 0.702. The van der Waals surface area contributed by atoms with E-state index in [0.717, 1.165) is 29.8 Å². The number of rotatable bonds is 3. The number of hydrogen-bond donors (Lipinski definition) is 1. The van der Waals surface area contributed by atoms with Gasteiger partial charge in [-0.05, 0) is 24.1 Å². The van der Waals surface area contributed by atoms with Gasteiger partial charge in [0.15, 0.2) is 11.5 Å². The van der Waals surface area contributed by atoms with Gasteiger partial charge in [-0.2, -0.15) is 0 Å². The number of nitrogen functional groups attached to an aromatic ring is 1. The first-order chi connectivity index (χ1) is 8.81. The zero-order chi connectivity index (χ0) is 12.4. The third-order valence-electron chi connectivity index (χ3n) is 2.93. The van der Waals surface area contributed by atoms with Crippen LogP contribution in [0.3, 0.4) is 0 Å². The minimum atomic E-state index is 0.702. The van der Waals surface area contributed by atoms with Crippen LogP contribution in [0.5, 0.6) is 0 Å². The van der Waals surface area contributed by atoms with E-state index in [9.17, 15) is 0 Å². The van der Waals surface area contributed by atoms with E-state index in [1.807, 2.05) is 36.4 Å². The quantitative estimate of drug-likeness (QED) is 0.713. The predicted octanol–water partition coefficient (Wildman–Crippen LogP) is 3.20. The van der Waals surface area contributed by atoms with Crippen LogP contribution in [0.15, 0.2) is 52.9 Å². The molecule has 0 saturated carbocycles. The molecule has 3 rings (SSSR count). The molecule has 0 aliphatic rings. The number of nitrogens with two attached hydrogens (primary N) is 1. The number of hydrogen-bond acceptors (Lipinski definition) is 3. The SMILES string of the molecule is Nc1ccc2nc(CCc3ccccc3)oc2c1. The highest BCUT2D eigenvalue weighted by atomic mass is 16.3. The topological polar surface area (TPSA) is 52.0 Å². The molecular weight excluding hydrogens is 224 g/mol. The molecule has 0 saturated heterocycles. The van der Waals surface area contributed by atoms with Crippen molar-refractivity contribution < 1.29 is 4.42 Å². The summed E-state index contributed by atoms with van der Waals surface area (Å²) in [5, 5.41) is 0. The molecule has 0 spiro atoms. The lowest BCUT2D eigenvalue weighted by atomic mass is 10.1. The zero-order valence-electron chi connectivity index (χ0n) is 9.97. The molecule has 0 amide bonds. The summed E-state index contributed by atoms with van der Waals surface area (Å²) in [4.78, 5) is 4.45. The molecule has 0 atom stereocenters. The summed E-state index contributed by atoms with van der Waals surface area (Å²) in [6.07, 6.45) is 1.74.